The van der Waals surface area contributed by atoms with E-state index >= 15 is 8.78 Å². The third-order valence-corrected chi connectivity index (χ3v) is 7.00. The van der Waals surface area contributed by atoms with Gasteiger partial charge in [0.2, 0.25) is 11.8 Å². The van der Waals surface area contributed by atoms with Crippen molar-refractivity contribution in [1.29, 1.82) is 0 Å². The van der Waals surface area contributed by atoms with Gasteiger partial charge in [-0.05, 0) is 36.8 Å². The van der Waals surface area contributed by atoms with E-state index in [2.05, 4.69) is 5.32 Å². The molecule has 1 atom stereocenters. The van der Waals surface area contributed by atoms with Crippen LogP contribution in [0.1, 0.15) is 62.0 Å². The highest BCUT2D eigenvalue weighted by atomic mass is 19.3. The predicted molar refractivity (Wildman–Crippen MR) is 104 cm³/mol. The number of carbonyl (C=O) groups excluding carboxylic acids is 2. The molecule has 2 amide bonds. The second-order valence-electron chi connectivity index (χ2n) is 8.74. The number of benzene rings is 1. The molecule has 1 spiro atoms. The highest BCUT2D eigenvalue weighted by Gasteiger charge is 2.47. The van der Waals surface area contributed by atoms with Crippen LogP contribution in [-0.2, 0) is 25.0 Å². The van der Waals surface area contributed by atoms with Crippen molar-refractivity contribution in [2.45, 2.75) is 68.6 Å². The Labute approximate surface area is 173 Å². The summed E-state index contributed by atoms with van der Waals surface area (Å²) in [5.74, 6) is -4.18. The van der Waals surface area contributed by atoms with E-state index in [1.54, 1.807) is 23.1 Å². The van der Waals surface area contributed by atoms with Gasteiger partial charge < -0.3 is 14.4 Å². The van der Waals surface area contributed by atoms with Gasteiger partial charge in [-0.2, -0.15) is 0 Å². The van der Waals surface area contributed by atoms with Gasteiger partial charge in [-0.15, -0.1) is 0 Å². The minimum Gasteiger partial charge on any atom is -0.359 e. The SMILES string of the molecule is O=C1CCC(N2CCC(F)(F)c3c(C4CCC5(CC4)OCCO5)cccc32)C(=O)N1. The number of halogens is 2. The van der Waals surface area contributed by atoms with Gasteiger partial charge in [0.15, 0.2) is 5.79 Å². The molecule has 8 heteroatoms. The summed E-state index contributed by atoms with van der Waals surface area (Å²) in [4.78, 5) is 25.7. The van der Waals surface area contributed by atoms with Gasteiger partial charge in [0, 0.05) is 43.5 Å². The van der Waals surface area contributed by atoms with Crippen molar-refractivity contribution in [3.05, 3.63) is 29.3 Å². The first-order valence-corrected chi connectivity index (χ1v) is 10.8. The summed E-state index contributed by atoms with van der Waals surface area (Å²) in [5.41, 5.74) is 1.14. The van der Waals surface area contributed by atoms with E-state index in [9.17, 15) is 9.59 Å². The van der Waals surface area contributed by atoms with Gasteiger partial charge in [0.1, 0.15) is 6.04 Å². The van der Waals surface area contributed by atoms with Crippen molar-refractivity contribution in [2.24, 2.45) is 0 Å². The van der Waals surface area contributed by atoms with Crippen LogP contribution >= 0.6 is 0 Å². The fourth-order valence-corrected chi connectivity index (χ4v) is 5.50. The van der Waals surface area contributed by atoms with Crippen LogP contribution in [0.15, 0.2) is 18.2 Å². The van der Waals surface area contributed by atoms with Crippen molar-refractivity contribution in [1.82, 2.24) is 5.32 Å². The minimum atomic E-state index is -2.95. The topological polar surface area (TPSA) is 67.9 Å². The van der Waals surface area contributed by atoms with Gasteiger partial charge in [-0.25, -0.2) is 8.78 Å². The molecule has 0 bridgehead atoms. The van der Waals surface area contributed by atoms with Gasteiger partial charge >= 0.3 is 0 Å². The van der Waals surface area contributed by atoms with E-state index in [4.69, 9.17) is 9.47 Å². The minimum absolute atomic E-state index is 0.00552. The summed E-state index contributed by atoms with van der Waals surface area (Å²) in [5, 5.41) is 2.35. The summed E-state index contributed by atoms with van der Waals surface area (Å²) >= 11 is 0. The maximum Gasteiger partial charge on any atom is 0.277 e. The molecule has 0 aromatic heterocycles. The molecule has 1 N–H and O–H groups in total. The highest BCUT2D eigenvalue weighted by Crippen LogP contribution is 2.50. The van der Waals surface area contributed by atoms with Gasteiger partial charge in [0.25, 0.3) is 5.92 Å². The van der Waals surface area contributed by atoms with E-state index in [-0.39, 0.29) is 36.8 Å². The first-order valence-electron chi connectivity index (χ1n) is 10.8. The Morgan fingerprint density at radius 2 is 1.77 bits per heavy atom. The van der Waals surface area contributed by atoms with Crippen LogP contribution in [0.3, 0.4) is 0 Å². The zero-order valence-electron chi connectivity index (χ0n) is 16.8. The first kappa shape index (κ1) is 19.9. The van der Waals surface area contributed by atoms with Crippen molar-refractivity contribution in [3.8, 4) is 0 Å². The van der Waals surface area contributed by atoms with E-state index in [1.807, 2.05) is 0 Å². The van der Waals surface area contributed by atoms with Crippen molar-refractivity contribution in [2.75, 3.05) is 24.7 Å². The predicted octanol–water partition coefficient (Wildman–Crippen LogP) is 3.19. The lowest BCUT2D eigenvalue weighted by molar-refractivity contribution is -0.178. The molecule has 1 unspecified atom stereocenters. The Kier molecular flexibility index (Phi) is 4.82. The average molecular weight is 420 g/mol. The third-order valence-electron chi connectivity index (χ3n) is 7.00. The molecule has 2 saturated heterocycles. The smallest absolute Gasteiger partial charge is 0.277 e. The molecule has 3 fully saturated rings. The number of ether oxygens (including phenoxy) is 2. The number of nitrogens with zero attached hydrogens (tertiary/aromatic N) is 1. The van der Waals surface area contributed by atoms with Crippen LogP contribution in [0.25, 0.3) is 0 Å². The zero-order chi connectivity index (χ0) is 20.9. The van der Waals surface area contributed by atoms with E-state index in [0.717, 1.165) is 12.8 Å². The maximum atomic E-state index is 15.2. The fraction of sp³-hybridized carbons (Fsp3) is 0.636. The molecule has 1 saturated carbocycles. The number of anilines is 1. The molecule has 6 nitrogen and oxygen atoms in total. The number of amides is 2. The van der Waals surface area contributed by atoms with Crippen LogP contribution in [0, 0.1) is 0 Å². The van der Waals surface area contributed by atoms with Gasteiger partial charge in [-0.1, -0.05) is 12.1 Å². The summed E-state index contributed by atoms with van der Waals surface area (Å²) in [6.45, 7) is 1.26. The van der Waals surface area contributed by atoms with Gasteiger partial charge in [0.05, 0.1) is 13.2 Å². The van der Waals surface area contributed by atoms with Crippen LogP contribution in [0.4, 0.5) is 14.5 Å². The molecule has 3 aliphatic heterocycles. The normalized spacial score (nSPS) is 28.5. The summed E-state index contributed by atoms with van der Waals surface area (Å²) in [7, 11) is 0. The second-order valence-corrected chi connectivity index (χ2v) is 8.74. The number of hydrogen-bond donors (Lipinski definition) is 1. The fourth-order valence-electron chi connectivity index (χ4n) is 5.50. The highest BCUT2D eigenvalue weighted by molar-refractivity contribution is 6.01. The molecule has 4 aliphatic rings. The van der Waals surface area contributed by atoms with Gasteiger partial charge in [-0.3, -0.25) is 14.9 Å². The molecule has 1 aliphatic carbocycles. The Hall–Kier alpha value is -2.06. The molecule has 30 heavy (non-hydrogen) atoms. The van der Waals surface area contributed by atoms with Crippen LogP contribution in [-0.4, -0.2) is 43.4 Å². The molecule has 3 heterocycles. The molecule has 0 radical (unpaired) electrons. The number of hydrogen-bond acceptors (Lipinski definition) is 5. The molecule has 1 aromatic rings. The Bertz CT molecular complexity index is 859. The number of alkyl halides is 2. The van der Waals surface area contributed by atoms with Crippen molar-refractivity contribution in [3.63, 3.8) is 0 Å². The number of nitrogens with one attached hydrogen (secondary N) is 1. The van der Waals surface area contributed by atoms with E-state index in [0.29, 0.717) is 43.7 Å². The number of fused-ring (bicyclic) bond motifs is 1. The zero-order valence-corrected chi connectivity index (χ0v) is 16.8. The molecular weight excluding hydrogens is 394 g/mol. The number of rotatable bonds is 2. The molecule has 1 aromatic carbocycles. The number of piperidine rings is 1. The first-order chi connectivity index (χ1) is 14.4. The summed E-state index contributed by atoms with van der Waals surface area (Å²) in [6, 6.07) is 4.70. The largest absolute Gasteiger partial charge is 0.359 e. The number of carbonyl (C=O) groups is 2. The third kappa shape index (κ3) is 3.30. The molecule has 5 rings (SSSR count). The lowest BCUT2D eigenvalue weighted by atomic mass is 9.77. The lowest BCUT2D eigenvalue weighted by Crippen LogP contribution is -2.55. The Balaban J connectivity index is 1.46. The lowest BCUT2D eigenvalue weighted by Gasteiger charge is -2.43. The van der Waals surface area contributed by atoms with Crippen LogP contribution in [0.2, 0.25) is 0 Å². The van der Waals surface area contributed by atoms with Crippen molar-refractivity contribution < 1.29 is 27.8 Å². The standard InChI is InChI=1S/C22H26F2N2O4/c23-22(24)10-11-26(17-4-5-18(27)25-20(17)28)16-3-1-2-15(19(16)22)14-6-8-21(9-7-14)29-12-13-30-21/h1-3,14,17H,4-13H2,(H,25,27,28). The Morgan fingerprint density at radius 1 is 1.03 bits per heavy atom. The number of imide groups is 1. The summed E-state index contributed by atoms with van der Waals surface area (Å²) in [6.07, 6.45) is 3.09. The second kappa shape index (κ2) is 7.27. The molecular formula is C22H26F2N2O4. The quantitative estimate of drug-likeness (QED) is 0.745. The Morgan fingerprint density at radius 3 is 2.47 bits per heavy atom. The van der Waals surface area contributed by atoms with Crippen LogP contribution in [0.5, 0.6) is 0 Å². The van der Waals surface area contributed by atoms with Crippen LogP contribution < -0.4 is 10.2 Å². The maximum absolute atomic E-state index is 15.2. The molecule has 162 valence electrons. The van der Waals surface area contributed by atoms with Crippen molar-refractivity contribution >= 4 is 17.5 Å². The van der Waals surface area contributed by atoms with E-state index in [1.165, 1.54) is 0 Å². The van der Waals surface area contributed by atoms with E-state index < -0.39 is 23.7 Å². The monoisotopic (exact) mass is 420 g/mol. The average Bonchev–Trinajstić information content (AvgIpc) is 3.17. The summed E-state index contributed by atoms with van der Waals surface area (Å²) < 4.78 is 41.9.